The van der Waals surface area contributed by atoms with Crippen LogP contribution in [0, 0.1) is 17.7 Å². The van der Waals surface area contributed by atoms with Gasteiger partial charge in [0.15, 0.2) is 17.7 Å². The lowest BCUT2D eigenvalue weighted by molar-refractivity contribution is -0.0561. The molecule has 37 heavy (non-hydrogen) atoms. The first-order valence-corrected chi connectivity index (χ1v) is 12.5. The number of aromatic nitrogens is 1. The molecule has 1 fully saturated rings. The summed E-state index contributed by atoms with van der Waals surface area (Å²) in [4.78, 5) is 41.5. The number of aliphatic hydroxyl groups is 1. The van der Waals surface area contributed by atoms with Crippen molar-refractivity contribution in [3.8, 4) is 5.75 Å². The maximum absolute atomic E-state index is 14.3. The number of likely N-dealkylation sites (N-methyl/N-ethyl adjacent to an activating group) is 1. The van der Waals surface area contributed by atoms with Crippen LogP contribution in [0.5, 0.6) is 5.75 Å². The van der Waals surface area contributed by atoms with Crippen LogP contribution < -0.4 is 15.5 Å². The van der Waals surface area contributed by atoms with Crippen molar-refractivity contribution >= 4 is 23.4 Å². The Morgan fingerprint density at radius 3 is 2.68 bits per heavy atom. The van der Waals surface area contributed by atoms with E-state index in [2.05, 4.69) is 5.32 Å². The largest absolute Gasteiger partial charge is 0.458 e. The zero-order valence-electron chi connectivity index (χ0n) is 21.2. The van der Waals surface area contributed by atoms with Crippen LogP contribution in [-0.2, 0) is 16.8 Å². The van der Waals surface area contributed by atoms with Crippen LogP contribution in [0.3, 0.4) is 0 Å². The minimum Gasteiger partial charge on any atom is -0.458 e. The van der Waals surface area contributed by atoms with E-state index in [9.17, 15) is 23.9 Å². The molecule has 200 valence electrons. The first kappa shape index (κ1) is 27.1. The summed E-state index contributed by atoms with van der Waals surface area (Å²) in [5.74, 6) is -2.40. The number of ether oxygens (including phenoxy) is 2. The highest BCUT2D eigenvalue weighted by molar-refractivity contribution is 6.30. The van der Waals surface area contributed by atoms with Crippen LogP contribution in [-0.4, -0.2) is 60.0 Å². The summed E-state index contributed by atoms with van der Waals surface area (Å²) in [6, 6.07) is 4.42. The quantitative estimate of drug-likeness (QED) is 0.503. The average molecular weight is 536 g/mol. The summed E-state index contributed by atoms with van der Waals surface area (Å²) >= 11 is 5.83. The molecule has 2 heterocycles. The standard InChI is InChI=1S/C26H31ClFN3O6/c1-14(2)25(35)37-22-20-24(34)30(3)13-26(8-15(9-26)12-36-4)31(20)11-17(21(22)32)23(33)29-10-16-6-5-7-18(27)19(16)28/h5-7,11,14-15,25,35H,8-10,12-13H2,1-4H3,(H,29,33). The van der Waals surface area contributed by atoms with Crippen molar-refractivity contribution in [2.75, 3.05) is 27.3 Å². The molecule has 9 nitrogen and oxygen atoms in total. The number of carbonyl (C=O) groups is 2. The summed E-state index contributed by atoms with van der Waals surface area (Å²) in [7, 11) is 3.27. The Balaban J connectivity index is 1.78. The van der Waals surface area contributed by atoms with Crippen LogP contribution in [0.15, 0.2) is 29.2 Å². The van der Waals surface area contributed by atoms with Gasteiger partial charge in [-0.3, -0.25) is 14.4 Å². The minimum absolute atomic E-state index is 0.00764. The maximum atomic E-state index is 14.3. The Kier molecular flexibility index (Phi) is 7.64. The molecule has 1 spiro atoms. The average Bonchev–Trinajstić information content (AvgIpc) is 2.83. The number of pyridine rings is 1. The van der Waals surface area contributed by atoms with Gasteiger partial charge in [0.05, 0.1) is 10.6 Å². The number of benzene rings is 1. The topological polar surface area (TPSA) is 110 Å². The number of methoxy groups -OCH3 is 1. The number of hydrogen-bond donors (Lipinski definition) is 2. The van der Waals surface area contributed by atoms with Gasteiger partial charge in [0.1, 0.15) is 11.4 Å². The second-order valence-corrected chi connectivity index (χ2v) is 10.6. The molecule has 0 bridgehead atoms. The van der Waals surface area contributed by atoms with E-state index < -0.39 is 34.9 Å². The highest BCUT2D eigenvalue weighted by Crippen LogP contribution is 2.48. The summed E-state index contributed by atoms with van der Waals surface area (Å²) < 4.78 is 26.9. The summed E-state index contributed by atoms with van der Waals surface area (Å²) in [5, 5.41) is 12.9. The Labute approximate surface area is 219 Å². The zero-order valence-corrected chi connectivity index (χ0v) is 22.0. The normalized spacial score (nSPS) is 21.6. The predicted molar refractivity (Wildman–Crippen MR) is 134 cm³/mol. The van der Waals surface area contributed by atoms with Gasteiger partial charge in [0, 0.05) is 51.5 Å². The van der Waals surface area contributed by atoms with Crippen LogP contribution in [0.4, 0.5) is 4.39 Å². The van der Waals surface area contributed by atoms with Crippen LogP contribution in [0.2, 0.25) is 5.02 Å². The Morgan fingerprint density at radius 1 is 1.32 bits per heavy atom. The molecule has 0 radical (unpaired) electrons. The van der Waals surface area contributed by atoms with Crippen molar-refractivity contribution in [2.24, 2.45) is 11.8 Å². The van der Waals surface area contributed by atoms with Crippen molar-refractivity contribution < 1.29 is 28.6 Å². The lowest BCUT2D eigenvalue weighted by Crippen LogP contribution is -2.60. The number of amides is 2. The molecular weight excluding hydrogens is 505 g/mol. The number of nitrogens with zero attached hydrogens (tertiary/aromatic N) is 2. The molecule has 2 amide bonds. The van der Waals surface area contributed by atoms with Gasteiger partial charge in [-0.05, 0) is 24.8 Å². The molecule has 1 saturated carbocycles. The van der Waals surface area contributed by atoms with E-state index in [0.717, 1.165) is 0 Å². The molecule has 4 rings (SSSR count). The molecule has 11 heteroatoms. The van der Waals surface area contributed by atoms with Crippen molar-refractivity contribution in [3.63, 3.8) is 0 Å². The molecule has 1 atom stereocenters. The molecule has 2 N–H and O–H groups in total. The van der Waals surface area contributed by atoms with Crippen molar-refractivity contribution in [2.45, 2.75) is 45.1 Å². The number of nitrogens with one attached hydrogen (secondary N) is 1. The predicted octanol–water partition coefficient (Wildman–Crippen LogP) is 2.76. The van der Waals surface area contributed by atoms with Gasteiger partial charge in [-0.2, -0.15) is 0 Å². The fourth-order valence-corrected chi connectivity index (χ4v) is 5.31. The van der Waals surface area contributed by atoms with Crippen molar-refractivity contribution in [1.29, 1.82) is 0 Å². The first-order chi connectivity index (χ1) is 17.5. The zero-order chi connectivity index (χ0) is 27.1. The summed E-state index contributed by atoms with van der Waals surface area (Å²) in [5.41, 5.74) is -1.53. The third kappa shape index (κ3) is 4.97. The monoisotopic (exact) mass is 535 g/mol. The van der Waals surface area contributed by atoms with E-state index in [1.807, 2.05) is 0 Å². The number of rotatable bonds is 8. The van der Waals surface area contributed by atoms with Gasteiger partial charge in [-0.1, -0.05) is 37.6 Å². The highest BCUT2D eigenvalue weighted by atomic mass is 35.5. The van der Waals surface area contributed by atoms with E-state index in [1.54, 1.807) is 38.6 Å². The van der Waals surface area contributed by atoms with Gasteiger partial charge in [-0.15, -0.1) is 0 Å². The highest BCUT2D eigenvalue weighted by Gasteiger charge is 2.52. The minimum atomic E-state index is -1.38. The molecule has 1 aliphatic heterocycles. The smallest absolute Gasteiger partial charge is 0.274 e. The van der Waals surface area contributed by atoms with Crippen LogP contribution in [0.1, 0.15) is 53.1 Å². The Bertz CT molecular complexity index is 1270. The third-order valence-corrected chi connectivity index (χ3v) is 7.31. The van der Waals surface area contributed by atoms with Gasteiger partial charge in [0.25, 0.3) is 11.8 Å². The van der Waals surface area contributed by atoms with E-state index in [4.69, 9.17) is 21.1 Å². The number of halogens is 2. The second kappa shape index (κ2) is 10.4. The second-order valence-electron chi connectivity index (χ2n) is 10.2. The molecule has 0 saturated heterocycles. The van der Waals surface area contributed by atoms with Gasteiger partial charge in [0.2, 0.25) is 5.43 Å². The SMILES string of the molecule is COCC1CC2(C1)CN(C)C(=O)c1c(OC(O)C(C)C)c(=O)c(C(=O)NCc3cccc(Cl)c3F)cn12. The fraction of sp³-hybridized carbons (Fsp3) is 0.500. The maximum Gasteiger partial charge on any atom is 0.274 e. The number of aliphatic hydroxyl groups excluding tert-OH is 1. The first-order valence-electron chi connectivity index (χ1n) is 12.1. The molecule has 1 unspecified atom stereocenters. The van der Waals surface area contributed by atoms with Gasteiger partial charge < -0.3 is 29.4 Å². The lowest BCUT2D eigenvalue weighted by Gasteiger charge is -2.54. The van der Waals surface area contributed by atoms with Crippen molar-refractivity contribution in [3.05, 3.63) is 62.3 Å². The van der Waals surface area contributed by atoms with E-state index in [-0.39, 0.29) is 46.0 Å². The number of carbonyl (C=O) groups excluding carboxylic acids is 2. The third-order valence-electron chi connectivity index (χ3n) is 7.02. The molecule has 1 aromatic heterocycles. The molecule has 2 aliphatic rings. The van der Waals surface area contributed by atoms with Crippen molar-refractivity contribution in [1.82, 2.24) is 14.8 Å². The fourth-order valence-electron chi connectivity index (χ4n) is 5.11. The van der Waals surface area contributed by atoms with E-state index >= 15 is 0 Å². The Hall–Kier alpha value is -2.95. The summed E-state index contributed by atoms with van der Waals surface area (Å²) in [6.45, 7) is 4.11. The number of fused-ring (bicyclic) bond motifs is 2. The molecule has 2 aromatic rings. The Morgan fingerprint density at radius 2 is 2.03 bits per heavy atom. The van der Waals surface area contributed by atoms with Crippen LogP contribution in [0.25, 0.3) is 0 Å². The van der Waals surface area contributed by atoms with Gasteiger partial charge >= 0.3 is 0 Å². The van der Waals surface area contributed by atoms with E-state index in [1.165, 1.54) is 23.2 Å². The lowest BCUT2D eigenvalue weighted by atomic mass is 9.67. The number of hydrogen-bond acceptors (Lipinski definition) is 6. The molecule has 1 aliphatic carbocycles. The molecule has 1 aromatic carbocycles. The van der Waals surface area contributed by atoms with E-state index in [0.29, 0.717) is 26.0 Å². The van der Waals surface area contributed by atoms with Crippen LogP contribution >= 0.6 is 11.6 Å². The summed E-state index contributed by atoms with van der Waals surface area (Å²) in [6.07, 6.45) is 1.32. The molecular formula is C26H31ClFN3O6. The van der Waals surface area contributed by atoms with Gasteiger partial charge in [-0.25, -0.2) is 4.39 Å².